The number of carbonyl (C=O) groups excluding carboxylic acids is 1. The molecule has 1 aromatic rings. The van der Waals surface area contributed by atoms with Crippen molar-refractivity contribution in [3.05, 3.63) is 30.1 Å². The van der Waals surface area contributed by atoms with E-state index in [0.29, 0.717) is 23.4 Å². The highest BCUT2D eigenvalue weighted by Gasteiger charge is 2.72. The molecule has 43 heavy (non-hydrogen) atoms. The summed E-state index contributed by atoms with van der Waals surface area (Å²) in [4.78, 5) is 12.9. The molecule has 0 unspecified atom stereocenters. The molecule has 6 rings (SSSR count). The smallest absolute Gasteiger partial charge is 0.411 e. The summed E-state index contributed by atoms with van der Waals surface area (Å²) in [6.45, 7) is 19.0. The van der Waals surface area contributed by atoms with E-state index < -0.39 is 6.09 Å². The molecule has 1 heterocycles. The first-order valence-electron chi connectivity index (χ1n) is 17.1. The first-order chi connectivity index (χ1) is 20.0. The molecule has 5 fully saturated rings. The van der Waals surface area contributed by atoms with Gasteiger partial charge < -0.3 is 14.6 Å². The number of benzene rings is 1. The summed E-state index contributed by atoms with van der Waals surface area (Å²) in [5, 5.41) is 14.9. The van der Waals surface area contributed by atoms with Gasteiger partial charge in [-0.25, -0.2) is 9.18 Å². The number of carbonyl (C=O) groups is 1. The van der Waals surface area contributed by atoms with E-state index in [-0.39, 0.29) is 56.8 Å². The highest BCUT2D eigenvalue weighted by atomic mass is 19.1. The monoisotopic (exact) mass is 597 g/mol. The Hall–Kier alpha value is -1.66. The van der Waals surface area contributed by atoms with Gasteiger partial charge >= 0.3 is 6.09 Å². The van der Waals surface area contributed by atoms with E-state index in [2.05, 4.69) is 60.7 Å². The largest absolute Gasteiger partial charge is 0.445 e. The predicted molar refractivity (Wildman–Crippen MR) is 168 cm³/mol. The summed E-state index contributed by atoms with van der Waals surface area (Å²) in [6, 6.07) is 5.78. The minimum absolute atomic E-state index is 0.0596. The van der Waals surface area contributed by atoms with E-state index in [0.717, 1.165) is 57.8 Å². The van der Waals surface area contributed by atoms with Gasteiger partial charge in [-0.15, -0.1) is 0 Å². The van der Waals surface area contributed by atoms with E-state index in [1.165, 1.54) is 18.6 Å². The van der Waals surface area contributed by atoms with Gasteiger partial charge in [-0.2, -0.15) is 0 Å². The van der Waals surface area contributed by atoms with Crippen molar-refractivity contribution in [3.63, 3.8) is 0 Å². The maximum atomic E-state index is 13.3. The van der Waals surface area contributed by atoms with Gasteiger partial charge in [0.1, 0.15) is 11.9 Å². The van der Waals surface area contributed by atoms with Crippen LogP contribution in [-0.2, 0) is 9.47 Å². The van der Waals surface area contributed by atoms with Crippen molar-refractivity contribution < 1.29 is 23.8 Å². The molecule has 5 aliphatic rings. The molecule has 0 radical (unpaired) electrons. The number of nitrogens with one attached hydrogen (secondary N) is 1. The van der Waals surface area contributed by atoms with Crippen LogP contribution >= 0.6 is 0 Å². The third-order valence-corrected chi connectivity index (χ3v) is 14.4. The van der Waals surface area contributed by atoms with Crippen molar-refractivity contribution in [3.8, 4) is 0 Å². The Morgan fingerprint density at radius 1 is 0.884 bits per heavy atom. The van der Waals surface area contributed by atoms with Crippen molar-refractivity contribution in [2.24, 2.45) is 45.3 Å². The summed E-state index contributed by atoms with van der Waals surface area (Å²) < 4.78 is 26.4. The van der Waals surface area contributed by atoms with Crippen LogP contribution in [0.4, 0.5) is 14.9 Å². The second-order valence-corrected chi connectivity index (χ2v) is 17.4. The number of amides is 1. The molecule has 1 saturated heterocycles. The molecule has 0 bridgehead atoms. The summed E-state index contributed by atoms with van der Waals surface area (Å²) in [5.74, 6) is 1.11. The quantitative estimate of drug-likeness (QED) is 0.365. The summed E-state index contributed by atoms with van der Waals surface area (Å²) in [5.41, 5.74) is 0.306. The molecular weight excluding hydrogens is 541 g/mol. The third-order valence-electron chi connectivity index (χ3n) is 14.4. The van der Waals surface area contributed by atoms with Crippen LogP contribution in [0.3, 0.4) is 0 Å². The summed E-state index contributed by atoms with van der Waals surface area (Å²) >= 11 is 0. The van der Waals surface area contributed by atoms with Gasteiger partial charge in [-0.3, -0.25) is 5.32 Å². The molecule has 4 saturated carbocycles. The average molecular weight is 598 g/mol. The zero-order valence-electron chi connectivity index (χ0n) is 27.9. The van der Waals surface area contributed by atoms with Crippen LogP contribution in [0.5, 0.6) is 0 Å². The number of aliphatic hydroxyl groups excluding tert-OH is 1. The van der Waals surface area contributed by atoms with E-state index in [4.69, 9.17) is 9.47 Å². The normalized spacial score (nSPS) is 46.7. The Labute approximate surface area is 259 Å². The second kappa shape index (κ2) is 10.2. The molecule has 5 nitrogen and oxygen atoms in total. The van der Waals surface area contributed by atoms with Crippen LogP contribution in [0.25, 0.3) is 0 Å². The van der Waals surface area contributed by atoms with Gasteiger partial charge in [0.15, 0.2) is 0 Å². The minimum atomic E-state index is -0.476. The molecule has 0 aromatic heterocycles. The van der Waals surface area contributed by atoms with Gasteiger partial charge in [-0.1, -0.05) is 34.6 Å². The number of hydrogen-bond acceptors (Lipinski definition) is 4. The van der Waals surface area contributed by atoms with Crippen molar-refractivity contribution in [1.29, 1.82) is 0 Å². The molecule has 1 aromatic carbocycles. The fraction of sp³-hybridized carbons (Fsp3) is 0.811. The Bertz CT molecular complexity index is 1230. The molecule has 4 aliphatic carbocycles. The number of fused-ring (bicyclic) bond motifs is 5. The number of halogens is 1. The Morgan fingerprint density at radius 3 is 2.23 bits per heavy atom. The van der Waals surface area contributed by atoms with Gasteiger partial charge in [0.05, 0.1) is 17.3 Å². The van der Waals surface area contributed by atoms with Crippen LogP contribution in [0.15, 0.2) is 24.3 Å². The van der Waals surface area contributed by atoms with E-state index >= 15 is 0 Å². The molecule has 10 atom stereocenters. The van der Waals surface area contributed by atoms with Crippen molar-refractivity contribution in [1.82, 2.24) is 0 Å². The maximum Gasteiger partial charge on any atom is 0.411 e. The Kier molecular flexibility index (Phi) is 7.41. The summed E-state index contributed by atoms with van der Waals surface area (Å²) in [7, 11) is 0. The molecule has 0 spiro atoms. The Balaban J connectivity index is 1.23. The number of hydrogen-bond donors (Lipinski definition) is 2. The van der Waals surface area contributed by atoms with Crippen LogP contribution in [-0.4, -0.2) is 34.6 Å². The fourth-order valence-electron chi connectivity index (χ4n) is 12.3. The number of anilines is 1. The lowest BCUT2D eigenvalue weighted by Crippen LogP contribution is -2.67. The van der Waals surface area contributed by atoms with Crippen LogP contribution in [0, 0.1) is 51.1 Å². The molecule has 6 heteroatoms. The highest BCUT2D eigenvalue weighted by Crippen LogP contribution is 2.76. The third kappa shape index (κ3) is 4.78. The Morgan fingerprint density at radius 2 is 1.56 bits per heavy atom. The standard InChI is InChI=1S/C37H56FNO4/c1-32(2)17-9-18-37(8,43-32)25-14-20-36(7)30(25)26(40)22-28-34(5)19-16-29(33(3,4)27(34)15-21-35(28,36)6)42-31(41)39-24-12-10-23(38)11-13-24/h10-13,25-30,40H,9,14-22H2,1-8H3,(H,39,41)/t25-,26+,27-,28+,29-,30-,34-,35+,36+,37+/m0/s1. The molecular formula is C37H56FNO4. The molecule has 1 aliphatic heterocycles. The van der Waals surface area contributed by atoms with Gasteiger partial charge in [-0.05, 0) is 149 Å². The maximum absolute atomic E-state index is 13.3. The zero-order chi connectivity index (χ0) is 31.2. The fourth-order valence-corrected chi connectivity index (χ4v) is 12.3. The molecule has 1 amide bonds. The summed E-state index contributed by atoms with van der Waals surface area (Å²) in [6.07, 6.45) is 9.59. The van der Waals surface area contributed by atoms with Crippen LogP contribution in [0.2, 0.25) is 0 Å². The van der Waals surface area contributed by atoms with E-state index in [9.17, 15) is 14.3 Å². The average Bonchev–Trinajstić information content (AvgIpc) is 3.29. The topological polar surface area (TPSA) is 67.8 Å². The lowest BCUT2D eigenvalue weighted by Gasteiger charge is -2.70. The van der Waals surface area contributed by atoms with Crippen molar-refractivity contribution in [2.75, 3.05) is 5.32 Å². The molecule has 240 valence electrons. The number of aliphatic hydroxyl groups is 1. The zero-order valence-corrected chi connectivity index (χ0v) is 27.9. The van der Waals surface area contributed by atoms with Gasteiger partial charge in [0.25, 0.3) is 0 Å². The van der Waals surface area contributed by atoms with Gasteiger partial charge in [0.2, 0.25) is 0 Å². The van der Waals surface area contributed by atoms with E-state index in [1.807, 2.05) is 0 Å². The lowest BCUT2D eigenvalue weighted by molar-refractivity contribution is -0.257. The molecule has 2 N–H and O–H groups in total. The predicted octanol–water partition coefficient (Wildman–Crippen LogP) is 9.14. The van der Waals surface area contributed by atoms with Crippen LogP contribution < -0.4 is 5.32 Å². The first kappa shape index (κ1) is 31.3. The van der Waals surface area contributed by atoms with Crippen LogP contribution in [0.1, 0.15) is 120 Å². The van der Waals surface area contributed by atoms with Gasteiger partial charge in [0, 0.05) is 11.1 Å². The SMILES string of the molecule is CC1(C)CCC[C@](C)([C@H]2CC[C@]3(C)[C@@H]2[C@H](O)C[C@@H]2[C@@]4(C)CC[C@H](OC(=O)Nc5ccc(F)cc5)C(C)(C)[C@@H]4CC[C@]23C)O1. The highest BCUT2D eigenvalue weighted by molar-refractivity contribution is 5.84. The van der Waals surface area contributed by atoms with Crippen molar-refractivity contribution in [2.45, 2.75) is 143 Å². The first-order valence-corrected chi connectivity index (χ1v) is 17.1. The second-order valence-electron chi connectivity index (χ2n) is 17.4. The number of rotatable bonds is 3. The van der Waals surface area contributed by atoms with E-state index in [1.54, 1.807) is 12.1 Å². The minimum Gasteiger partial charge on any atom is -0.445 e. The van der Waals surface area contributed by atoms with Crippen molar-refractivity contribution >= 4 is 11.8 Å². The lowest BCUT2D eigenvalue weighted by atomic mass is 9.35. The number of ether oxygens (including phenoxy) is 2.